The molecular weight excluding hydrogens is 363 g/mol. The lowest BCUT2D eigenvalue weighted by atomic mass is 9.87. The van der Waals surface area contributed by atoms with E-state index < -0.39 is 11.7 Å². The highest BCUT2D eigenvalue weighted by molar-refractivity contribution is 5.68. The quantitative estimate of drug-likeness (QED) is 0.576. The van der Waals surface area contributed by atoms with Gasteiger partial charge in [-0.1, -0.05) is 20.8 Å². The van der Waals surface area contributed by atoms with E-state index in [1.165, 1.54) is 12.1 Å². The Kier molecular flexibility index (Phi) is 4.86. The third kappa shape index (κ3) is 3.68. The molecule has 0 N–H and O–H groups in total. The van der Waals surface area contributed by atoms with Crippen LogP contribution in [0.5, 0.6) is 0 Å². The van der Waals surface area contributed by atoms with Crippen LogP contribution in [0.2, 0.25) is 0 Å². The van der Waals surface area contributed by atoms with Crippen LogP contribution in [-0.4, -0.2) is 4.68 Å². The van der Waals surface area contributed by atoms with Crippen molar-refractivity contribution < 1.29 is 22.4 Å². The molecule has 0 aliphatic carbocycles. The minimum Gasteiger partial charge on any atom is -0.201 e. The lowest BCUT2D eigenvalue weighted by molar-refractivity contribution is -0.744. The standard InChI is InChI=1S/C22H26F3N3/c1-15-18(19-9-8-16(14-26(19)5)21(2,3)4)12-17(22(23,24)25)13-20(15)28-11-7-10-27(28)6/h7-14H,1-6H3/q+2. The first-order valence-corrected chi connectivity index (χ1v) is 9.15. The second-order valence-electron chi connectivity index (χ2n) is 8.24. The summed E-state index contributed by atoms with van der Waals surface area (Å²) < 4.78 is 46.3. The maximum absolute atomic E-state index is 13.6. The molecule has 28 heavy (non-hydrogen) atoms. The number of pyridine rings is 1. The number of aryl methyl sites for hydroxylation is 2. The lowest BCUT2D eigenvalue weighted by Crippen LogP contribution is -2.37. The van der Waals surface area contributed by atoms with Gasteiger partial charge in [0.05, 0.1) is 17.3 Å². The van der Waals surface area contributed by atoms with E-state index in [1.807, 2.05) is 36.9 Å². The van der Waals surface area contributed by atoms with Crippen molar-refractivity contribution in [2.75, 3.05) is 0 Å². The SMILES string of the molecule is Cc1c(-c2ccc(C(C)(C)C)c[n+]2C)cc(C(F)(F)F)cc1-n1ccc[n+]1C. The van der Waals surface area contributed by atoms with Crippen molar-refractivity contribution >= 4 is 0 Å². The van der Waals surface area contributed by atoms with Gasteiger partial charge in [0.25, 0.3) is 0 Å². The zero-order valence-electron chi connectivity index (χ0n) is 17.1. The van der Waals surface area contributed by atoms with Crippen LogP contribution in [0.1, 0.15) is 37.5 Å². The molecule has 6 heteroatoms. The van der Waals surface area contributed by atoms with Gasteiger partial charge in [0.15, 0.2) is 19.4 Å². The first-order valence-electron chi connectivity index (χ1n) is 9.15. The Bertz CT molecular complexity index is 1020. The average molecular weight is 389 g/mol. The Balaban J connectivity index is 2.28. The van der Waals surface area contributed by atoms with Crippen LogP contribution in [0.25, 0.3) is 16.9 Å². The van der Waals surface area contributed by atoms with E-state index in [0.29, 0.717) is 11.3 Å². The van der Waals surface area contributed by atoms with Crippen molar-refractivity contribution in [2.45, 2.75) is 39.3 Å². The molecule has 0 unspecified atom stereocenters. The van der Waals surface area contributed by atoms with Crippen LogP contribution in [0.15, 0.2) is 48.9 Å². The van der Waals surface area contributed by atoms with Crippen LogP contribution < -0.4 is 9.25 Å². The molecule has 2 heterocycles. The van der Waals surface area contributed by atoms with Gasteiger partial charge in [-0.05, 0) is 36.1 Å². The van der Waals surface area contributed by atoms with Crippen LogP contribution in [-0.2, 0) is 25.7 Å². The third-order valence-electron chi connectivity index (χ3n) is 5.10. The summed E-state index contributed by atoms with van der Waals surface area (Å²) >= 11 is 0. The van der Waals surface area contributed by atoms with Crippen LogP contribution in [0.3, 0.4) is 0 Å². The van der Waals surface area contributed by atoms with Gasteiger partial charge in [-0.2, -0.15) is 13.2 Å². The van der Waals surface area contributed by atoms with Gasteiger partial charge in [-0.3, -0.25) is 0 Å². The molecular formula is C22H26F3N3+2. The van der Waals surface area contributed by atoms with Crippen molar-refractivity contribution in [1.29, 1.82) is 0 Å². The fraction of sp³-hybridized carbons (Fsp3) is 0.364. The largest absolute Gasteiger partial charge is 0.416 e. The normalized spacial score (nSPS) is 12.5. The van der Waals surface area contributed by atoms with Crippen molar-refractivity contribution in [3.63, 3.8) is 0 Å². The number of hydrogen-bond donors (Lipinski definition) is 0. The summed E-state index contributed by atoms with van der Waals surface area (Å²) in [6.07, 6.45) is 1.13. The molecule has 0 saturated carbocycles. The highest BCUT2D eigenvalue weighted by Crippen LogP contribution is 2.36. The zero-order valence-corrected chi connectivity index (χ0v) is 17.1. The highest BCUT2D eigenvalue weighted by Gasteiger charge is 2.34. The summed E-state index contributed by atoms with van der Waals surface area (Å²) in [5.74, 6) is 0. The predicted octanol–water partition coefficient (Wildman–Crippen LogP) is 4.42. The third-order valence-corrected chi connectivity index (χ3v) is 5.10. The average Bonchev–Trinajstić information content (AvgIpc) is 2.99. The van der Waals surface area contributed by atoms with Crippen LogP contribution >= 0.6 is 0 Å². The molecule has 0 atom stereocenters. The summed E-state index contributed by atoms with van der Waals surface area (Å²) in [6.45, 7) is 8.20. The molecule has 0 spiro atoms. The van der Waals surface area contributed by atoms with Gasteiger partial charge in [-0.15, -0.1) is 9.36 Å². The predicted molar refractivity (Wildman–Crippen MR) is 102 cm³/mol. The second kappa shape index (κ2) is 6.76. The summed E-state index contributed by atoms with van der Waals surface area (Å²) in [6, 6.07) is 8.15. The first-order chi connectivity index (χ1) is 12.9. The van der Waals surface area contributed by atoms with Crippen LogP contribution in [0.4, 0.5) is 13.2 Å². The zero-order chi connectivity index (χ0) is 20.9. The van der Waals surface area contributed by atoms with Crippen molar-refractivity contribution in [2.24, 2.45) is 14.1 Å². The number of aromatic nitrogens is 3. The van der Waals surface area contributed by atoms with Gasteiger partial charge in [0.2, 0.25) is 5.69 Å². The maximum atomic E-state index is 13.6. The minimum atomic E-state index is -4.42. The van der Waals surface area contributed by atoms with Gasteiger partial charge in [0, 0.05) is 17.7 Å². The number of benzene rings is 1. The Morgan fingerprint density at radius 3 is 2.14 bits per heavy atom. The summed E-state index contributed by atoms with van der Waals surface area (Å²) in [5.41, 5.74) is 3.05. The second-order valence-corrected chi connectivity index (χ2v) is 8.24. The van der Waals surface area contributed by atoms with Gasteiger partial charge in [0.1, 0.15) is 12.7 Å². The fourth-order valence-electron chi connectivity index (χ4n) is 3.37. The smallest absolute Gasteiger partial charge is 0.201 e. The van der Waals surface area contributed by atoms with E-state index in [0.717, 1.165) is 16.8 Å². The topological polar surface area (TPSA) is 12.7 Å². The van der Waals surface area contributed by atoms with Gasteiger partial charge in [-0.25, -0.2) is 4.57 Å². The fourth-order valence-corrected chi connectivity index (χ4v) is 3.37. The Morgan fingerprint density at radius 1 is 0.964 bits per heavy atom. The van der Waals surface area contributed by atoms with E-state index in [-0.39, 0.29) is 5.41 Å². The number of halogens is 3. The van der Waals surface area contributed by atoms with E-state index in [1.54, 1.807) is 34.9 Å². The molecule has 2 aromatic heterocycles. The molecule has 0 bridgehead atoms. The van der Waals surface area contributed by atoms with E-state index in [9.17, 15) is 13.2 Å². The summed E-state index contributed by atoms with van der Waals surface area (Å²) in [7, 11) is 3.68. The van der Waals surface area contributed by atoms with E-state index >= 15 is 0 Å². The van der Waals surface area contributed by atoms with Crippen LogP contribution in [0, 0.1) is 6.92 Å². The van der Waals surface area contributed by atoms with Gasteiger partial charge >= 0.3 is 6.18 Å². The first kappa shape index (κ1) is 20.1. The molecule has 0 aliphatic rings. The Hall–Kier alpha value is -2.63. The van der Waals surface area contributed by atoms with E-state index in [2.05, 4.69) is 20.8 Å². The van der Waals surface area contributed by atoms with E-state index in [4.69, 9.17) is 0 Å². The number of hydrogen-bond acceptors (Lipinski definition) is 0. The number of nitrogens with zero attached hydrogens (tertiary/aromatic N) is 3. The highest BCUT2D eigenvalue weighted by atomic mass is 19.4. The number of alkyl halides is 3. The number of rotatable bonds is 2. The molecule has 0 radical (unpaired) electrons. The molecule has 0 aliphatic heterocycles. The molecule has 0 amide bonds. The molecule has 0 fully saturated rings. The van der Waals surface area contributed by atoms with Crippen molar-refractivity contribution in [3.8, 4) is 16.9 Å². The summed E-state index contributed by atoms with van der Waals surface area (Å²) in [4.78, 5) is 0. The lowest BCUT2D eigenvalue weighted by Gasteiger charge is -2.18. The molecule has 3 rings (SSSR count). The summed E-state index contributed by atoms with van der Waals surface area (Å²) in [5, 5.41) is 0. The minimum absolute atomic E-state index is 0.0385. The maximum Gasteiger partial charge on any atom is 0.416 e. The van der Waals surface area contributed by atoms with Gasteiger partial charge < -0.3 is 0 Å². The Morgan fingerprint density at radius 2 is 1.64 bits per heavy atom. The molecule has 148 valence electrons. The molecule has 3 nitrogen and oxygen atoms in total. The monoisotopic (exact) mass is 389 g/mol. The molecule has 1 aromatic carbocycles. The molecule has 0 saturated heterocycles. The van der Waals surface area contributed by atoms with Crippen molar-refractivity contribution in [1.82, 2.24) is 4.68 Å². The van der Waals surface area contributed by atoms with Crippen molar-refractivity contribution in [3.05, 3.63) is 65.6 Å². The molecule has 3 aromatic rings. The Labute approximate surface area is 163 Å².